The maximum Gasteiger partial charge on any atom is 0.0931 e. The largest absolute Gasteiger partial charge is 0.313 e. The topological polar surface area (TPSA) is 12.0 Å². The van der Waals surface area contributed by atoms with Gasteiger partial charge in [-0.2, -0.15) is 0 Å². The van der Waals surface area contributed by atoms with Gasteiger partial charge in [0.1, 0.15) is 0 Å². The SMILES string of the molecule is CCC1NCCC1(C)c1ccc(Cl)s1. The van der Waals surface area contributed by atoms with Crippen LogP contribution >= 0.6 is 22.9 Å². The fourth-order valence-electron chi connectivity index (χ4n) is 2.42. The van der Waals surface area contributed by atoms with Crippen molar-refractivity contribution in [1.82, 2.24) is 5.32 Å². The van der Waals surface area contributed by atoms with Crippen molar-refractivity contribution in [3.63, 3.8) is 0 Å². The molecule has 0 spiro atoms. The van der Waals surface area contributed by atoms with Gasteiger partial charge in [0.15, 0.2) is 0 Å². The molecule has 1 saturated heterocycles. The third-order valence-corrected chi connectivity index (χ3v) is 4.86. The van der Waals surface area contributed by atoms with Crippen LogP contribution < -0.4 is 5.32 Å². The average molecular weight is 230 g/mol. The zero-order chi connectivity index (χ0) is 10.2. The van der Waals surface area contributed by atoms with Crippen LogP contribution in [0.15, 0.2) is 12.1 Å². The summed E-state index contributed by atoms with van der Waals surface area (Å²) in [4.78, 5) is 1.43. The van der Waals surface area contributed by atoms with Gasteiger partial charge < -0.3 is 5.32 Å². The fourth-order valence-corrected chi connectivity index (χ4v) is 3.69. The normalized spacial score (nSPS) is 32.4. The Morgan fingerprint density at radius 2 is 2.43 bits per heavy atom. The van der Waals surface area contributed by atoms with Gasteiger partial charge in [-0.25, -0.2) is 0 Å². The van der Waals surface area contributed by atoms with Crippen LogP contribution in [0.3, 0.4) is 0 Å². The summed E-state index contributed by atoms with van der Waals surface area (Å²) in [6.07, 6.45) is 2.41. The van der Waals surface area contributed by atoms with Gasteiger partial charge in [-0.15, -0.1) is 11.3 Å². The standard InChI is InChI=1S/C11H16ClNS/c1-3-8-11(2,6-7-13-8)9-4-5-10(12)14-9/h4-5,8,13H,3,6-7H2,1-2H3. The van der Waals surface area contributed by atoms with Crippen molar-refractivity contribution in [2.45, 2.75) is 38.1 Å². The second-order valence-electron chi connectivity index (χ2n) is 4.19. The molecular weight excluding hydrogens is 214 g/mol. The monoisotopic (exact) mass is 229 g/mol. The number of hydrogen-bond acceptors (Lipinski definition) is 2. The van der Waals surface area contributed by atoms with E-state index in [0.717, 1.165) is 10.9 Å². The molecule has 1 fully saturated rings. The molecule has 1 aromatic rings. The highest BCUT2D eigenvalue weighted by Crippen LogP contribution is 2.41. The number of thiophene rings is 1. The van der Waals surface area contributed by atoms with E-state index in [1.807, 2.05) is 6.07 Å². The molecule has 0 aromatic carbocycles. The van der Waals surface area contributed by atoms with Crippen LogP contribution in [-0.4, -0.2) is 12.6 Å². The molecule has 2 unspecified atom stereocenters. The van der Waals surface area contributed by atoms with Crippen LogP contribution in [0.2, 0.25) is 4.34 Å². The Bertz CT molecular complexity index is 323. The van der Waals surface area contributed by atoms with Crippen molar-refractivity contribution in [1.29, 1.82) is 0 Å². The van der Waals surface area contributed by atoms with Gasteiger partial charge in [-0.1, -0.05) is 25.4 Å². The zero-order valence-corrected chi connectivity index (χ0v) is 10.2. The van der Waals surface area contributed by atoms with Crippen molar-refractivity contribution in [3.05, 3.63) is 21.3 Å². The van der Waals surface area contributed by atoms with E-state index in [0.29, 0.717) is 11.5 Å². The summed E-state index contributed by atoms with van der Waals surface area (Å²) >= 11 is 7.72. The lowest BCUT2D eigenvalue weighted by Gasteiger charge is -2.29. The van der Waals surface area contributed by atoms with E-state index in [4.69, 9.17) is 11.6 Å². The predicted molar refractivity (Wildman–Crippen MR) is 63.4 cm³/mol. The first-order valence-corrected chi connectivity index (χ1v) is 6.35. The third kappa shape index (κ3) is 1.60. The first kappa shape index (κ1) is 10.5. The number of nitrogens with one attached hydrogen (secondary N) is 1. The summed E-state index contributed by atoms with van der Waals surface area (Å²) in [6.45, 7) is 5.73. The molecule has 0 radical (unpaired) electrons. The second kappa shape index (κ2) is 3.84. The maximum absolute atomic E-state index is 5.99. The molecule has 1 aliphatic heterocycles. The molecule has 0 saturated carbocycles. The minimum Gasteiger partial charge on any atom is -0.313 e. The lowest BCUT2D eigenvalue weighted by atomic mass is 9.80. The van der Waals surface area contributed by atoms with E-state index in [1.165, 1.54) is 17.7 Å². The van der Waals surface area contributed by atoms with Gasteiger partial charge in [0, 0.05) is 16.3 Å². The number of rotatable bonds is 2. The van der Waals surface area contributed by atoms with Crippen molar-refractivity contribution in [2.75, 3.05) is 6.54 Å². The van der Waals surface area contributed by atoms with E-state index in [1.54, 1.807) is 11.3 Å². The predicted octanol–water partition coefficient (Wildman–Crippen LogP) is 3.43. The smallest absolute Gasteiger partial charge is 0.0931 e. The molecule has 2 rings (SSSR count). The molecule has 2 atom stereocenters. The Kier molecular flexibility index (Phi) is 2.87. The highest BCUT2D eigenvalue weighted by molar-refractivity contribution is 7.16. The van der Waals surface area contributed by atoms with Crippen LogP contribution in [0.5, 0.6) is 0 Å². The lowest BCUT2D eigenvalue weighted by Crippen LogP contribution is -2.36. The first-order chi connectivity index (χ1) is 6.66. The molecule has 1 aliphatic rings. The Morgan fingerprint density at radius 3 is 3.00 bits per heavy atom. The highest BCUT2D eigenvalue weighted by Gasteiger charge is 2.39. The van der Waals surface area contributed by atoms with Gasteiger partial charge >= 0.3 is 0 Å². The molecule has 14 heavy (non-hydrogen) atoms. The molecule has 1 aromatic heterocycles. The molecule has 78 valence electrons. The van der Waals surface area contributed by atoms with Crippen LogP contribution in [0.1, 0.15) is 31.6 Å². The van der Waals surface area contributed by atoms with Gasteiger partial charge in [0.05, 0.1) is 4.34 Å². The van der Waals surface area contributed by atoms with E-state index < -0.39 is 0 Å². The molecular formula is C11H16ClNS. The molecule has 2 heterocycles. The molecule has 0 aliphatic carbocycles. The van der Waals surface area contributed by atoms with Gasteiger partial charge in [-0.05, 0) is 31.5 Å². The molecule has 3 heteroatoms. The van der Waals surface area contributed by atoms with Gasteiger partial charge in [0.2, 0.25) is 0 Å². The number of halogens is 1. The zero-order valence-electron chi connectivity index (χ0n) is 8.64. The average Bonchev–Trinajstić information content (AvgIpc) is 2.72. The van der Waals surface area contributed by atoms with Gasteiger partial charge in [0.25, 0.3) is 0 Å². The van der Waals surface area contributed by atoms with Crippen LogP contribution in [0, 0.1) is 0 Å². The maximum atomic E-state index is 5.99. The van der Waals surface area contributed by atoms with Gasteiger partial charge in [-0.3, -0.25) is 0 Å². The minimum absolute atomic E-state index is 0.298. The minimum atomic E-state index is 0.298. The van der Waals surface area contributed by atoms with Crippen molar-refractivity contribution < 1.29 is 0 Å². The fraction of sp³-hybridized carbons (Fsp3) is 0.636. The van der Waals surface area contributed by atoms with Crippen molar-refractivity contribution >= 4 is 22.9 Å². The summed E-state index contributed by atoms with van der Waals surface area (Å²) < 4.78 is 0.906. The summed E-state index contributed by atoms with van der Waals surface area (Å²) in [5, 5.41) is 3.57. The highest BCUT2D eigenvalue weighted by atomic mass is 35.5. The molecule has 1 N–H and O–H groups in total. The van der Waals surface area contributed by atoms with Crippen LogP contribution in [0.25, 0.3) is 0 Å². The Morgan fingerprint density at radius 1 is 1.64 bits per heavy atom. The Balaban J connectivity index is 2.31. The summed E-state index contributed by atoms with van der Waals surface area (Å²) in [6, 6.07) is 4.80. The van der Waals surface area contributed by atoms with Crippen LogP contribution in [-0.2, 0) is 5.41 Å². The van der Waals surface area contributed by atoms with E-state index in [-0.39, 0.29) is 0 Å². The third-order valence-electron chi connectivity index (χ3n) is 3.35. The number of hydrogen-bond donors (Lipinski definition) is 1. The Hall–Kier alpha value is -0.0500. The second-order valence-corrected chi connectivity index (χ2v) is 5.90. The summed E-state index contributed by atoms with van der Waals surface area (Å²) in [5.74, 6) is 0. The van der Waals surface area contributed by atoms with E-state index in [2.05, 4.69) is 25.2 Å². The molecule has 0 bridgehead atoms. The molecule has 1 nitrogen and oxygen atoms in total. The van der Waals surface area contributed by atoms with E-state index >= 15 is 0 Å². The molecule has 0 amide bonds. The first-order valence-electron chi connectivity index (χ1n) is 5.16. The van der Waals surface area contributed by atoms with Crippen LogP contribution in [0.4, 0.5) is 0 Å². The lowest BCUT2D eigenvalue weighted by molar-refractivity contribution is 0.399. The summed E-state index contributed by atoms with van der Waals surface area (Å²) in [7, 11) is 0. The quantitative estimate of drug-likeness (QED) is 0.820. The summed E-state index contributed by atoms with van der Waals surface area (Å²) in [5.41, 5.74) is 0.298. The van der Waals surface area contributed by atoms with E-state index in [9.17, 15) is 0 Å². The Labute approximate surface area is 94.5 Å². The van der Waals surface area contributed by atoms with Crippen molar-refractivity contribution in [2.24, 2.45) is 0 Å². The van der Waals surface area contributed by atoms with Crippen molar-refractivity contribution in [3.8, 4) is 0 Å².